The van der Waals surface area contributed by atoms with E-state index in [1.807, 2.05) is 6.92 Å². The molecule has 0 bridgehead atoms. The molecular formula is C13H17NO3S. The van der Waals surface area contributed by atoms with Crippen molar-refractivity contribution in [2.45, 2.75) is 24.7 Å². The van der Waals surface area contributed by atoms with E-state index in [0.29, 0.717) is 5.75 Å². The first-order valence-corrected chi connectivity index (χ1v) is 7.14. The Hall–Kier alpha value is -1.71. The summed E-state index contributed by atoms with van der Waals surface area (Å²) >= 11 is 0. The van der Waals surface area contributed by atoms with Gasteiger partial charge in [0, 0.05) is 0 Å². The summed E-state index contributed by atoms with van der Waals surface area (Å²) in [6, 6.07) is 6.19. The molecule has 0 aliphatic rings. The molecule has 0 saturated heterocycles. The minimum absolute atomic E-state index is 0.192. The Bertz CT molecular complexity index is 526. The van der Waals surface area contributed by atoms with Gasteiger partial charge in [0.2, 0.25) is 0 Å². The number of sulfonamides is 1. The van der Waals surface area contributed by atoms with Gasteiger partial charge in [-0.25, -0.2) is 8.42 Å². The fourth-order valence-electron chi connectivity index (χ4n) is 1.22. The summed E-state index contributed by atoms with van der Waals surface area (Å²) in [5, 5.41) is 0. The maximum absolute atomic E-state index is 11.8. The van der Waals surface area contributed by atoms with E-state index in [4.69, 9.17) is 4.74 Å². The van der Waals surface area contributed by atoms with Gasteiger partial charge in [-0.2, -0.15) is 0 Å². The molecule has 0 aliphatic carbocycles. The van der Waals surface area contributed by atoms with Crippen LogP contribution in [0.3, 0.4) is 0 Å². The molecule has 0 aliphatic heterocycles. The molecule has 0 fully saturated rings. The van der Waals surface area contributed by atoms with Crippen LogP contribution in [0.1, 0.15) is 19.8 Å². The van der Waals surface area contributed by atoms with Gasteiger partial charge in [-0.1, -0.05) is 13.3 Å². The Kier molecular flexibility index (Phi) is 5.49. The second-order valence-corrected chi connectivity index (χ2v) is 5.31. The highest BCUT2D eigenvalue weighted by Gasteiger charge is 2.11. The average Bonchev–Trinajstić information content (AvgIpc) is 2.38. The van der Waals surface area contributed by atoms with Gasteiger partial charge in [-0.05, 0) is 36.8 Å². The quantitative estimate of drug-likeness (QED) is 0.805. The highest BCUT2D eigenvalue weighted by molar-refractivity contribution is 7.89. The molecule has 0 unspecified atom stereocenters. The van der Waals surface area contributed by atoms with E-state index in [0.717, 1.165) is 12.8 Å². The Balaban J connectivity index is 2.76. The number of allylic oxidation sites excluding steroid dienone is 1. The van der Waals surface area contributed by atoms with Gasteiger partial charge in [0.05, 0.1) is 18.2 Å². The largest absolute Gasteiger partial charge is 0.497 e. The van der Waals surface area contributed by atoms with E-state index < -0.39 is 10.0 Å². The van der Waals surface area contributed by atoms with Crippen LogP contribution in [0, 0.1) is 0 Å². The van der Waals surface area contributed by atoms with Crippen molar-refractivity contribution in [2.24, 2.45) is 0 Å². The third-order valence-corrected chi connectivity index (χ3v) is 3.54. The van der Waals surface area contributed by atoms with Crippen molar-refractivity contribution >= 4 is 10.0 Å². The maximum Gasteiger partial charge on any atom is 0.261 e. The predicted octanol–water partition coefficient (Wildman–Crippen LogP) is 2.44. The van der Waals surface area contributed by atoms with Crippen molar-refractivity contribution in [3.05, 3.63) is 42.3 Å². The van der Waals surface area contributed by atoms with Gasteiger partial charge >= 0.3 is 0 Å². The SMILES string of the molecule is CCCC=C=CNS(=O)(=O)c1ccc(OC)cc1. The fraction of sp³-hybridized carbons (Fsp3) is 0.308. The molecule has 0 spiro atoms. The Labute approximate surface area is 108 Å². The molecule has 0 saturated carbocycles. The molecule has 1 aromatic carbocycles. The van der Waals surface area contributed by atoms with Crippen LogP contribution < -0.4 is 9.46 Å². The number of nitrogens with one attached hydrogen (secondary N) is 1. The monoisotopic (exact) mass is 267 g/mol. The summed E-state index contributed by atoms with van der Waals surface area (Å²) in [6.45, 7) is 2.04. The number of hydrogen-bond donors (Lipinski definition) is 1. The standard InChI is InChI=1S/C13H17NO3S/c1-3-4-5-6-11-14-18(15,16)13-9-7-12(17-2)8-10-13/h5,7-11,14H,3-4H2,1-2H3. The molecule has 1 aromatic rings. The van der Waals surface area contributed by atoms with Crippen molar-refractivity contribution in [1.29, 1.82) is 0 Å². The van der Waals surface area contributed by atoms with Crippen LogP contribution in [0.25, 0.3) is 0 Å². The molecule has 1 N–H and O–H groups in total. The normalized spacial score (nSPS) is 10.3. The lowest BCUT2D eigenvalue weighted by Gasteiger charge is -2.04. The van der Waals surface area contributed by atoms with E-state index in [-0.39, 0.29) is 4.90 Å². The van der Waals surface area contributed by atoms with Gasteiger partial charge < -0.3 is 4.74 Å². The maximum atomic E-state index is 11.8. The summed E-state index contributed by atoms with van der Waals surface area (Å²) in [7, 11) is -1.99. The number of ether oxygens (including phenoxy) is 1. The first kappa shape index (κ1) is 14.4. The molecule has 5 heteroatoms. The summed E-state index contributed by atoms with van der Waals surface area (Å²) < 4.78 is 31.0. The molecule has 0 amide bonds. The van der Waals surface area contributed by atoms with E-state index in [2.05, 4.69) is 10.5 Å². The zero-order valence-corrected chi connectivity index (χ0v) is 11.3. The number of rotatable bonds is 6. The van der Waals surface area contributed by atoms with Crippen LogP contribution in [-0.4, -0.2) is 15.5 Å². The van der Waals surface area contributed by atoms with Crippen LogP contribution in [0.5, 0.6) is 5.75 Å². The second kappa shape index (κ2) is 6.89. The van der Waals surface area contributed by atoms with Crippen molar-refractivity contribution < 1.29 is 13.2 Å². The Morgan fingerprint density at radius 1 is 1.33 bits per heavy atom. The lowest BCUT2D eigenvalue weighted by Crippen LogP contribution is -2.17. The Morgan fingerprint density at radius 3 is 2.56 bits per heavy atom. The van der Waals surface area contributed by atoms with Crippen LogP contribution in [-0.2, 0) is 10.0 Å². The van der Waals surface area contributed by atoms with Gasteiger partial charge in [-0.3, -0.25) is 4.72 Å². The average molecular weight is 267 g/mol. The second-order valence-electron chi connectivity index (χ2n) is 3.60. The molecule has 0 aromatic heterocycles. The minimum atomic E-state index is -3.52. The lowest BCUT2D eigenvalue weighted by atomic mass is 10.3. The zero-order valence-electron chi connectivity index (χ0n) is 10.5. The van der Waals surface area contributed by atoms with Gasteiger partial charge in [0.25, 0.3) is 10.0 Å². The number of hydrogen-bond acceptors (Lipinski definition) is 3. The number of unbranched alkanes of at least 4 members (excludes halogenated alkanes) is 1. The molecule has 18 heavy (non-hydrogen) atoms. The van der Waals surface area contributed by atoms with E-state index in [1.165, 1.54) is 25.4 Å². The third kappa shape index (κ3) is 4.28. The number of benzene rings is 1. The van der Waals surface area contributed by atoms with E-state index >= 15 is 0 Å². The van der Waals surface area contributed by atoms with Crippen LogP contribution in [0.4, 0.5) is 0 Å². The highest BCUT2D eigenvalue weighted by atomic mass is 32.2. The summed E-state index contributed by atoms with van der Waals surface area (Å²) in [5.41, 5.74) is 2.77. The van der Waals surface area contributed by atoms with Crippen LogP contribution in [0.15, 0.2) is 47.2 Å². The van der Waals surface area contributed by atoms with Gasteiger partial charge in [-0.15, -0.1) is 5.73 Å². The molecule has 0 radical (unpaired) electrons. The van der Waals surface area contributed by atoms with Crippen LogP contribution >= 0.6 is 0 Å². The fourth-order valence-corrected chi connectivity index (χ4v) is 2.07. The summed E-state index contributed by atoms with van der Waals surface area (Å²) in [5.74, 6) is 0.618. The molecule has 1 rings (SSSR count). The summed E-state index contributed by atoms with van der Waals surface area (Å²) in [4.78, 5) is 0.192. The number of methoxy groups -OCH3 is 1. The van der Waals surface area contributed by atoms with Gasteiger partial charge in [0.15, 0.2) is 0 Å². The molecule has 0 heterocycles. The summed E-state index contributed by atoms with van der Waals surface area (Å²) in [6.07, 6.45) is 4.97. The van der Waals surface area contributed by atoms with Gasteiger partial charge in [0.1, 0.15) is 5.75 Å². The Morgan fingerprint density at radius 2 is 2.00 bits per heavy atom. The molecule has 98 valence electrons. The topological polar surface area (TPSA) is 55.4 Å². The molecule has 4 nitrogen and oxygen atoms in total. The highest BCUT2D eigenvalue weighted by Crippen LogP contribution is 2.14. The van der Waals surface area contributed by atoms with Crippen molar-refractivity contribution in [3.8, 4) is 5.75 Å². The van der Waals surface area contributed by atoms with Crippen molar-refractivity contribution in [3.63, 3.8) is 0 Å². The first-order valence-electron chi connectivity index (χ1n) is 5.66. The predicted molar refractivity (Wildman–Crippen MR) is 70.9 cm³/mol. The molecular weight excluding hydrogens is 250 g/mol. The zero-order chi connectivity index (χ0) is 13.4. The molecule has 0 atom stereocenters. The smallest absolute Gasteiger partial charge is 0.261 e. The van der Waals surface area contributed by atoms with Crippen molar-refractivity contribution in [2.75, 3.05) is 7.11 Å². The van der Waals surface area contributed by atoms with Crippen molar-refractivity contribution in [1.82, 2.24) is 4.72 Å². The van der Waals surface area contributed by atoms with E-state index in [9.17, 15) is 8.42 Å². The first-order chi connectivity index (χ1) is 8.60. The lowest BCUT2D eigenvalue weighted by molar-refractivity contribution is 0.414. The van der Waals surface area contributed by atoms with E-state index in [1.54, 1.807) is 18.2 Å². The third-order valence-electron chi connectivity index (χ3n) is 2.22. The minimum Gasteiger partial charge on any atom is -0.497 e. The van der Waals surface area contributed by atoms with Crippen LogP contribution in [0.2, 0.25) is 0 Å².